The summed E-state index contributed by atoms with van der Waals surface area (Å²) in [5.41, 5.74) is 3.23. The van der Waals surface area contributed by atoms with Gasteiger partial charge >= 0.3 is 0 Å². The highest BCUT2D eigenvalue weighted by Gasteiger charge is 2.35. The van der Waals surface area contributed by atoms with Crippen molar-refractivity contribution in [2.45, 2.75) is 37.2 Å². The number of nitrogens with one attached hydrogen (secondary N) is 1. The number of rotatable bonds is 12. The second-order valence-corrected chi connectivity index (χ2v) is 9.86. The maximum atomic E-state index is 13.5. The lowest BCUT2D eigenvalue weighted by atomic mass is 9.72. The second-order valence-electron chi connectivity index (χ2n) is 9.86. The van der Waals surface area contributed by atoms with Gasteiger partial charge in [-0.15, -0.1) is 6.42 Å². The smallest absolute Gasteiger partial charge is 0.123 e. The number of halogens is 2. The highest BCUT2D eigenvalue weighted by molar-refractivity contribution is 5.31. The summed E-state index contributed by atoms with van der Waals surface area (Å²) >= 11 is 0. The molecule has 0 bridgehead atoms. The van der Waals surface area contributed by atoms with Crippen molar-refractivity contribution in [2.75, 3.05) is 39.3 Å². The zero-order chi connectivity index (χ0) is 25.9. The summed E-state index contributed by atoms with van der Waals surface area (Å²) in [6.45, 7) is 5.22. The summed E-state index contributed by atoms with van der Waals surface area (Å²) < 4.78 is 33.1. The van der Waals surface area contributed by atoms with Gasteiger partial charge in [0, 0.05) is 18.6 Å². The van der Waals surface area contributed by atoms with Crippen molar-refractivity contribution < 1.29 is 13.5 Å². The molecule has 0 saturated carbocycles. The van der Waals surface area contributed by atoms with E-state index in [0.29, 0.717) is 13.2 Å². The van der Waals surface area contributed by atoms with Gasteiger partial charge in [0.15, 0.2) is 0 Å². The molecule has 1 aliphatic heterocycles. The summed E-state index contributed by atoms with van der Waals surface area (Å²) in [4.78, 5) is 2.54. The Hall–Kier alpha value is -3.04. The van der Waals surface area contributed by atoms with Gasteiger partial charge in [-0.1, -0.05) is 60.5 Å². The number of nitrogens with zero attached hydrogens (tertiary/aromatic N) is 1. The molecule has 194 valence electrons. The first-order valence-corrected chi connectivity index (χ1v) is 13.1. The van der Waals surface area contributed by atoms with E-state index < -0.39 is 0 Å². The van der Waals surface area contributed by atoms with E-state index in [9.17, 15) is 8.78 Å². The molecule has 0 aromatic heterocycles. The Morgan fingerprint density at radius 1 is 0.865 bits per heavy atom. The Morgan fingerprint density at radius 2 is 1.46 bits per heavy atom. The van der Waals surface area contributed by atoms with Gasteiger partial charge in [0.05, 0.1) is 6.54 Å². The topological polar surface area (TPSA) is 24.5 Å². The van der Waals surface area contributed by atoms with Crippen molar-refractivity contribution in [3.05, 3.63) is 107 Å². The van der Waals surface area contributed by atoms with E-state index in [0.717, 1.165) is 63.0 Å². The molecular weight excluding hydrogens is 466 g/mol. The Labute approximate surface area is 219 Å². The lowest BCUT2D eigenvalue weighted by Crippen LogP contribution is -2.48. The maximum Gasteiger partial charge on any atom is 0.123 e. The largest absolute Gasteiger partial charge is 0.369 e. The SMILES string of the molecule is C#CCNCC1(c2ccccc2)CCN(CCCCOC(c2ccc(F)cc2)c2ccc(F)cc2)CC1. The molecule has 1 saturated heterocycles. The minimum absolute atomic E-state index is 0.120. The van der Waals surface area contributed by atoms with Crippen LogP contribution in [0.15, 0.2) is 78.9 Å². The fourth-order valence-electron chi connectivity index (χ4n) is 5.24. The average Bonchev–Trinajstić information content (AvgIpc) is 2.93. The van der Waals surface area contributed by atoms with Crippen molar-refractivity contribution in [3.8, 4) is 12.3 Å². The highest BCUT2D eigenvalue weighted by Crippen LogP contribution is 2.35. The molecule has 0 radical (unpaired) electrons. The van der Waals surface area contributed by atoms with E-state index in [1.165, 1.54) is 29.8 Å². The Balaban J connectivity index is 1.27. The molecule has 0 aliphatic carbocycles. The van der Waals surface area contributed by atoms with E-state index in [1.54, 1.807) is 24.3 Å². The zero-order valence-corrected chi connectivity index (χ0v) is 21.3. The number of hydrogen-bond donors (Lipinski definition) is 1. The minimum Gasteiger partial charge on any atom is -0.369 e. The molecule has 0 atom stereocenters. The number of hydrogen-bond acceptors (Lipinski definition) is 3. The number of piperidine rings is 1. The summed E-state index contributed by atoms with van der Waals surface area (Å²) in [7, 11) is 0. The molecule has 3 aromatic carbocycles. The van der Waals surface area contributed by atoms with Gasteiger partial charge in [0.1, 0.15) is 17.7 Å². The first kappa shape index (κ1) is 27.0. The van der Waals surface area contributed by atoms with E-state index in [1.807, 2.05) is 0 Å². The monoisotopic (exact) mass is 502 g/mol. The van der Waals surface area contributed by atoms with Gasteiger partial charge in [-0.25, -0.2) is 8.78 Å². The molecule has 4 rings (SSSR count). The number of ether oxygens (including phenoxy) is 1. The van der Waals surface area contributed by atoms with Gasteiger partial charge in [-0.3, -0.25) is 0 Å². The Morgan fingerprint density at radius 3 is 2.03 bits per heavy atom. The van der Waals surface area contributed by atoms with Crippen LogP contribution in [0.5, 0.6) is 0 Å². The summed E-state index contributed by atoms with van der Waals surface area (Å²) in [5.74, 6) is 2.12. The fourth-order valence-corrected chi connectivity index (χ4v) is 5.24. The first-order chi connectivity index (χ1) is 18.1. The van der Waals surface area contributed by atoms with Crippen LogP contribution in [0.3, 0.4) is 0 Å². The van der Waals surface area contributed by atoms with Crippen LogP contribution in [0.4, 0.5) is 8.78 Å². The number of unbranched alkanes of at least 4 members (excludes halogenated alkanes) is 1. The maximum absolute atomic E-state index is 13.5. The number of terminal acetylenes is 1. The number of likely N-dealkylation sites (tertiary alicyclic amines) is 1. The zero-order valence-electron chi connectivity index (χ0n) is 21.3. The normalized spacial score (nSPS) is 15.5. The van der Waals surface area contributed by atoms with Gasteiger partial charge in [0.25, 0.3) is 0 Å². The van der Waals surface area contributed by atoms with Crippen molar-refractivity contribution >= 4 is 0 Å². The lowest BCUT2D eigenvalue weighted by molar-refractivity contribution is 0.0734. The molecular formula is C32H36F2N2O. The molecule has 0 amide bonds. The molecule has 1 aliphatic rings. The minimum atomic E-state index is -0.349. The fraction of sp³-hybridized carbons (Fsp3) is 0.375. The molecule has 37 heavy (non-hydrogen) atoms. The quantitative estimate of drug-likeness (QED) is 0.239. The average molecular weight is 503 g/mol. The predicted molar refractivity (Wildman–Crippen MR) is 145 cm³/mol. The Kier molecular flexibility index (Phi) is 9.85. The second kappa shape index (κ2) is 13.5. The van der Waals surface area contributed by atoms with Crippen molar-refractivity contribution in [2.24, 2.45) is 0 Å². The molecule has 3 aromatic rings. The predicted octanol–water partition coefficient (Wildman–Crippen LogP) is 6.11. The van der Waals surface area contributed by atoms with Crippen LogP contribution in [-0.4, -0.2) is 44.2 Å². The van der Waals surface area contributed by atoms with E-state index in [4.69, 9.17) is 11.2 Å². The molecule has 0 spiro atoms. The first-order valence-electron chi connectivity index (χ1n) is 13.1. The molecule has 3 nitrogen and oxygen atoms in total. The lowest BCUT2D eigenvalue weighted by Gasteiger charge is -2.42. The summed E-state index contributed by atoms with van der Waals surface area (Å²) in [6, 6.07) is 23.4. The van der Waals surface area contributed by atoms with Crippen LogP contribution in [0.25, 0.3) is 0 Å². The van der Waals surface area contributed by atoms with Crippen LogP contribution in [0, 0.1) is 24.0 Å². The van der Waals surface area contributed by atoms with E-state index in [2.05, 4.69) is 46.5 Å². The standard InChI is InChI=1S/C32H36F2N2O/c1-2-20-35-25-32(28-8-4-3-5-9-28)18-22-36(23-19-32)21-6-7-24-37-31(26-10-14-29(33)15-11-26)27-12-16-30(34)17-13-27/h1,3-5,8-17,31,35H,6-7,18-25H2. The van der Waals surface area contributed by atoms with Crippen molar-refractivity contribution in [1.29, 1.82) is 0 Å². The molecule has 1 fully saturated rings. The van der Waals surface area contributed by atoms with Gasteiger partial charge in [-0.05, 0) is 86.3 Å². The summed E-state index contributed by atoms with van der Waals surface area (Å²) in [5, 5.41) is 3.45. The van der Waals surface area contributed by atoms with Gasteiger partial charge in [-0.2, -0.15) is 0 Å². The molecule has 5 heteroatoms. The van der Waals surface area contributed by atoms with Crippen molar-refractivity contribution in [3.63, 3.8) is 0 Å². The number of benzene rings is 3. The van der Waals surface area contributed by atoms with Crippen LogP contribution in [-0.2, 0) is 10.2 Å². The third kappa shape index (κ3) is 7.49. The van der Waals surface area contributed by atoms with Crippen LogP contribution in [0.2, 0.25) is 0 Å². The van der Waals surface area contributed by atoms with Crippen LogP contribution in [0.1, 0.15) is 48.5 Å². The highest BCUT2D eigenvalue weighted by atomic mass is 19.1. The van der Waals surface area contributed by atoms with E-state index >= 15 is 0 Å². The van der Waals surface area contributed by atoms with Gasteiger partial charge in [0.2, 0.25) is 0 Å². The van der Waals surface area contributed by atoms with Gasteiger partial charge < -0.3 is 15.0 Å². The Bertz CT molecular complexity index is 1070. The summed E-state index contributed by atoms with van der Waals surface area (Å²) in [6.07, 6.45) is 9.27. The van der Waals surface area contributed by atoms with Crippen LogP contribution >= 0.6 is 0 Å². The molecule has 1 heterocycles. The van der Waals surface area contributed by atoms with E-state index in [-0.39, 0.29) is 23.2 Å². The third-order valence-electron chi connectivity index (χ3n) is 7.39. The third-order valence-corrected chi connectivity index (χ3v) is 7.39. The van der Waals surface area contributed by atoms with Crippen molar-refractivity contribution in [1.82, 2.24) is 10.2 Å². The van der Waals surface area contributed by atoms with Crippen LogP contribution < -0.4 is 5.32 Å². The molecule has 0 unspecified atom stereocenters. The molecule has 1 N–H and O–H groups in total.